The molecule has 4 aromatic rings. The van der Waals surface area contributed by atoms with E-state index < -0.39 is 0 Å². The van der Waals surface area contributed by atoms with Crippen LogP contribution in [0, 0.1) is 5.92 Å². The molecule has 1 fully saturated rings. The maximum Gasteiger partial charge on any atom is 0.219 e. The van der Waals surface area contributed by atoms with Crippen molar-refractivity contribution >= 4 is 34.6 Å². The van der Waals surface area contributed by atoms with Crippen LogP contribution in [0.2, 0.25) is 0 Å². The van der Waals surface area contributed by atoms with E-state index in [2.05, 4.69) is 34.0 Å². The quantitative estimate of drug-likeness (QED) is 0.317. The van der Waals surface area contributed by atoms with Gasteiger partial charge in [-0.1, -0.05) is 54.6 Å². The lowest BCUT2D eigenvalue weighted by atomic mass is 9.91. The standard InChI is InChI=1S/C28H28N4O2/c1-31-16-14-21(15-17-31)28(34)24-12-7-13-26(30-24)32(19-33)27-22-10-5-6-11-23(22)29-25(27)18-20-8-3-2-4-9-20/h2-13,19,21,29H,14-18H2,1H3. The molecule has 1 aliphatic rings. The van der Waals surface area contributed by atoms with E-state index in [0.29, 0.717) is 17.9 Å². The minimum atomic E-state index is -0.0228. The molecule has 0 atom stereocenters. The lowest BCUT2D eigenvalue weighted by Gasteiger charge is -2.28. The number of ketones is 1. The molecule has 6 heteroatoms. The van der Waals surface area contributed by atoms with Crippen LogP contribution >= 0.6 is 0 Å². The van der Waals surface area contributed by atoms with Gasteiger partial charge in [-0.05, 0) is 56.7 Å². The van der Waals surface area contributed by atoms with Gasteiger partial charge in [0.2, 0.25) is 6.41 Å². The zero-order chi connectivity index (χ0) is 23.5. The third kappa shape index (κ3) is 4.37. The number of carbonyl (C=O) groups is 2. The fraction of sp³-hybridized carbons (Fsp3) is 0.250. The summed E-state index contributed by atoms with van der Waals surface area (Å²) in [6.45, 7) is 1.82. The van der Waals surface area contributed by atoms with E-state index in [1.165, 1.54) is 0 Å². The van der Waals surface area contributed by atoms with E-state index >= 15 is 0 Å². The SMILES string of the molecule is CN1CCC(C(=O)c2cccc(N(C=O)c3c(Cc4ccccc4)[nH]c4ccccc34)n2)CC1. The summed E-state index contributed by atoms with van der Waals surface area (Å²) in [6.07, 6.45) is 3.10. The number of rotatable bonds is 7. The maximum atomic E-state index is 13.2. The van der Waals surface area contributed by atoms with Crippen LogP contribution in [0.15, 0.2) is 72.8 Å². The second-order valence-electron chi connectivity index (χ2n) is 8.96. The van der Waals surface area contributed by atoms with Crippen molar-refractivity contribution in [3.63, 3.8) is 0 Å². The first-order valence-electron chi connectivity index (χ1n) is 11.7. The van der Waals surface area contributed by atoms with Crippen molar-refractivity contribution in [2.75, 3.05) is 25.0 Å². The molecule has 34 heavy (non-hydrogen) atoms. The Labute approximate surface area is 199 Å². The predicted octanol–water partition coefficient (Wildman–Crippen LogP) is 4.97. The number of hydrogen-bond acceptors (Lipinski definition) is 4. The first-order chi connectivity index (χ1) is 16.6. The zero-order valence-electron chi connectivity index (χ0n) is 19.3. The van der Waals surface area contributed by atoms with Gasteiger partial charge in [0.05, 0.1) is 5.69 Å². The number of benzene rings is 2. The maximum absolute atomic E-state index is 13.2. The highest BCUT2D eigenvalue weighted by atomic mass is 16.1. The van der Waals surface area contributed by atoms with E-state index in [-0.39, 0.29) is 11.7 Å². The number of carbonyl (C=O) groups excluding carboxylic acids is 2. The molecule has 0 saturated carbocycles. The molecule has 0 aliphatic carbocycles. The average Bonchev–Trinajstić information content (AvgIpc) is 3.23. The summed E-state index contributed by atoms with van der Waals surface area (Å²) < 4.78 is 0. The number of Topliss-reactive ketones (excluding diaryl/α,β-unsaturated/α-hetero) is 1. The van der Waals surface area contributed by atoms with E-state index in [0.717, 1.165) is 60.2 Å². The summed E-state index contributed by atoms with van der Waals surface area (Å²) >= 11 is 0. The van der Waals surface area contributed by atoms with E-state index in [9.17, 15) is 9.59 Å². The molecule has 1 amide bonds. The smallest absolute Gasteiger partial charge is 0.219 e. The fourth-order valence-electron chi connectivity index (χ4n) is 4.78. The van der Waals surface area contributed by atoms with Gasteiger partial charge in [0.1, 0.15) is 11.5 Å². The van der Waals surface area contributed by atoms with Crippen molar-refractivity contribution in [1.82, 2.24) is 14.9 Å². The third-order valence-corrected chi connectivity index (χ3v) is 6.65. The average molecular weight is 453 g/mol. The van der Waals surface area contributed by atoms with Gasteiger partial charge < -0.3 is 9.88 Å². The van der Waals surface area contributed by atoms with Crippen LogP contribution in [-0.4, -0.2) is 47.2 Å². The minimum absolute atomic E-state index is 0.0228. The van der Waals surface area contributed by atoms with Crippen LogP contribution in [0.25, 0.3) is 10.9 Å². The normalized spacial score (nSPS) is 14.9. The Morgan fingerprint density at radius 2 is 1.76 bits per heavy atom. The summed E-state index contributed by atoms with van der Waals surface area (Å²) in [7, 11) is 2.08. The number of likely N-dealkylation sites (tertiary alicyclic amines) is 1. The molecular formula is C28H28N4O2. The number of nitrogens with one attached hydrogen (secondary N) is 1. The number of pyridine rings is 1. The largest absolute Gasteiger partial charge is 0.356 e. The molecule has 0 bridgehead atoms. The summed E-state index contributed by atoms with van der Waals surface area (Å²) in [5.41, 5.74) is 4.21. The Balaban J connectivity index is 1.53. The van der Waals surface area contributed by atoms with Crippen LogP contribution in [-0.2, 0) is 11.2 Å². The molecule has 6 nitrogen and oxygen atoms in total. The van der Waals surface area contributed by atoms with Gasteiger partial charge in [0.25, 0.3) is 0 Å². The van der Waals surface area contributed by atoms with Crippen molar-refractivity contribution < 1.29 is 9.59 Å². The fourth-order valence-corrected chi connectivity index (χ4v) is 4.78. The van der Waals surface area contributed by atoms with Crippen LogP contribution < -0.4 is 4.90 Å². The highest BCUT2D eigenvalue weighted by molar-refractivity contribution is 6.03. The van der Waals surface area contributed by atoms with Crippen molar-refractivity contribution in [3.8, 4) is 0 Å². The van der Waals surface area contributed by atoms with Crippen LogP contribution in [0.3, 0.4) is 0 Å². The molecule has 0 radical (unpaired) electrons. The third-order valence-electron chi connectivity index (χ3n) is 6.65. The number of H-pyrrole nitrogens is 1. The van der Waals surface area contributed by atoms with Gasteiger partial charge >= 0.3 is 0 Å². The number of aromatic amines is 1. The molecule has 2 aromatic heterocycles. The highest BCUT2D eigenvalue weighted by Crippen LogP contribution is 2.36. The zero-order valence-corrected chi connectivity index (χ0v) is 19.3. The Morgan fingerprint density at radius 3 is 2.53 bits per heavy atom. The Kier molecular flexibility index (Phi) is 6.23. The van der Waals surface area contributed by atoms with Gasteiger partial charge in [-0.25, -0.2) is 4.98 Å². The number of aromatic nitrogens is 2. The lowest BCUT2D eigenvalue weighted by Crippen LogP contribution is -2.34. The second-order valence-corrected chi connectivity index (χ2v) is 8.96. The molecule has 1 N–H and O–H groups in total. The van der Waals surface area contributed by atoms with E-state index in [1.54, 1.807) is 17.0 Å². The molecule has 5 rings (SSSR count). The van der Waals surface area contributed by atoms with Crippen molar-refractivity contribution in [2.45, 2.75) is 19.3 Å². The predicted molar refractivity (Wildman–Crippen MR) is 135 cm³/mol. The van der Waals surface area contributed by atoms with Crippen molar-refractivity contribution in [1.29, 1.82) is 0 Å². The first kappa shape index (κ1) is 22.0. The topological polar surface area (TPSA) is 69.3 Å². The van der Waals surface area contributed by atoms with Crippen LogP contribution in [0.4, 0.5) is 11.5 Å². The molecule has 172 valence electrons. The number of amides is 1. The molecule has 1 aliphatic heterocycles. The van der Waals surface area contributed by atoms with Crippen LogP contribution in [0.5, 0.6) is 0 Å². The summed E-state index contributed by atoms with van der Waals surface area (Å²) in [5.74, 6) is 0.488. The number of nitrogens with zero attached hydrogens (tertiary/aromatic N) is 3. The van der Waals surface area contributed by atoms with Gasteiger partial charge in [-0.3, -0.25) is 14.5 Å². The van der Waals surface area contributed by atoms with Crippen molar-refractivity contribution in [3.05, 3.63) is 89.7 Å². The van der Waals surface area contributed by atoms with Crippen LogP contribution in [0.1, 0.15) is 34.6 Å². The molecule has 0 spiro atoms. The summed E-state index contributed by atoms with van der Waals surface area (Å²) in [6, 6.07) is 23.4. The Bertz CT molecular complexity index is 1310. The molecule has 2 aromatic carbocycles. The number of para-hydroxylation sites is 1. The lowest BCUT2D eigenvalue weighted by molar-refractivity contribution is -0.106. The van der Waals surface area contributed by atoms with Gasteiger partial charge in [0.15, 0.2) is 5.78 Å². The van der Waals surface area contributed by atoms with Gasteiger partial charge in [-0.15, -0.1) is 0 Å². The number of piperidine rings is 1. The number of hydrogen-bond donors (Lipinski definition) is 1. The van der Waals surface area contributed by atoms with E-state index in [1.807, 2.05) is 48.5 Å². The molecular weight excluding hydrogens is 424 g/mol. The van der Waals surface area contributed by atoms with Gasteiger partial charge in [0, 0.05) is 28.9 Å². The molecule has 1 saturated heterocycles. The first-order valence-corrected chi connectivity index (χ1v) is 11.7. The van der Waals surface area contributed by atoms with Crippen molar-refractivity contribution in [2.24, 2.45) is 5.92 Å². The summed E-state index contributed by atoms with van der Waals surface area (Å²) in [5, 5.41) is 0.939. The number of anilines is 2. The number of fused-ring (bicyclic) bond motifs is 1. The molecule has 0 unspecified atom stereocenters. The molecule has 3 heterocycles. The van der Waals surface area contributed by atoms with Gasteiger partial charge in [-0.2, -0.15) is 0 Å². The second kappa shape index (κ2) is 9.61. The monoisotopic (exact) mass is 452 g/mol. The highest BCUT2D eigenvalue weighted by Gasteiger charge is 2.26. The summed E-state index contributed by atoms with van der Waals surface area (Å²) in [4.78, 5) is 37.6. The van der Waals surface area contributed by atoms with E-state index in [4.69, 9.17) is 0 Å². The Hall–Kier alpha value is -3.77. The Morgan fingerprint density at radius 1 is 1.03 bits per heavy atom. The minimum Gasteiger partial charge on any atom is -0.356 e.